The summed E-state index contributed by atoms with van der Waals surface area (Å²) in [5, 5.41) is 0. The Hall–Kier alpha value is -16.3. The van der Waals surface area contributed by atoms with E-state index in [4.69, 9.17) is 75.8 Å². The second-order valence-electron chi connectivity index (χ2n) is 23.6. The molecule has 7 aromatic carbocycles. The Morgan fingerprint density at radius 2 is 0.496 bits per heavy atom. The minimum Gasteiger partial charge on any atom is -0.490 e. The van der Waals surface area contributed by atoms with Crippen LogP contribution < -0.4 is 14.2 Å². The number of ether oxygens (including phenoxy) is 16. The molecule has 29 heteroatoms. The predicted octanol–water partition coefficient (Wildman–Crippen LogP) is 14.7. The molecule has 0 spiro atoms. The van der Waals surface area contributed by atoms with Gasteiger partial charge in [0.1, 0.15) is 109 Å². The van der Waals surface area contributed by atoms with Crippen molar-refractivity contribution in [3.8, 4) is 23.0 Å². The Kier molecular flexibility index (Phi) is 53.4. The first-order valence-corrected chi connectivity index (χ1v) is 37.1. The molecule has 0 aliphatic carbocycles. The van der Waals surface area contributed by atoms with Gasteiger partial charge in [-0.05, 0) is 75.8 Å². The number of benzene rings is 7. The monoisotopic (exact) mass is 1710 g/mol. The number of carbonyl (C=O) groups excluding carboxylic acids is 13. The minimum atomic E-state index is -1.09. The molecule has 0 aliphatic heterocycles. The lowest BCUT2D eigenvalue weighted by Gasteiger charge is -2.16. The van der Waals surface area contributed by atoms with Gasteiger partial charge in [-0.25, -0.2) is 62.3 Å². The average molecular weight is 1710 g/mol. The van der Waals surface area contributed by atoms with Crippen molar-refractivity contribution in [2.24, 2.45) is 0 Å². The van der Waals surface area contributed by atoms with Crippen LogP contribution in [-0.4, -0.2) is 117 Å². The first kappa shape index (κ1) is 105. The van der Waals surface area contributed by atoms with Crippen LogP contribution in [0.5, 0.6) is 23.0 Å². The lowest BCUT2D eigenvalue weighted by molar-refractivity contribution is -0.182. The van der Waals surface area contributed by atoms with Crippen LogP contribution in [0.4, 0.5) is 0 Å². The fourth-order valence-corrected chi connectivity index (χ4v) is 8.87. The van der Waals surface area contributed by atoms with Crippen molar-refractivity contribution in [1.29, 1.82) is 0 Å². The highest BCUT2D eigenvalue weighted by molar-refractivity contribution is 5.86. The Labute approximate surface area is 723 Å². The van der Waals surface area contributed by atoms with Gasteiger partial charge in [0, 0.05) is 102 Å². The zero-order valence-electron chi connectivity index (χ0n) is 68.6. The zero-order valence-corrected chi connectivity index (χ0v) is 68.6. The van der Waals surface area contributed by atoms with Crippen LogP contribution in [0, 0.1) is 0 Å². The summed E-state index contributed by atoms with van der Waals surface area (Å²) in [6.07, 6.45) is 12.9. The Balaban J connectivity index is 0.000000511. The molecule has 0 N–H and O–H groups in total. The van der Waals surface area contributed by atoms with E-state index < -0.39 is 83.9 Å². The summed E-state index contributed by atoms with van der Waals surface area (Å²) in [5.74, 6) is -4.97. The average Bonchev–Trinajstić information content (AvgIpc) is 0.843. The van der Waals surface area contributed by atoms with Crippen LogP contribution in [0.2, 0.25) is 0 Å². The molecule has 7 aromatic rings. The SMILES string of the molecule is C=CC(=O)OC(OC(=O)C=C)c1ccccc1.C=CC(=O)OCC(COC(=O)C=C)c1ccccc1.C=CC(=O)OCCOc1cccc(OCCOC(=O)C=C)c1.C=CC(=O)OCc1cc(COC(=O)C=C)cc(COC(=O)C=C)c1.C=CC(=O)OCc1ccccc1COC(=O)C=C.C=CC(=O)OCc1ccccc1Oc1ccccc1COC(=O)C=C. The summed E-state index contributed by atoms with van der Waals surface area (Å²) in [6, 6.07) is 51.7. The lowest BCUT2D eigenvalue weighted by atomic mass is 10.0. The third-order valence-electron chi connectivity index (χ3n) is 14.8. The highest BCUT2D eigenvalue weighted by Gasteiger charge is 2.20. The first-order valence-electron chi connectivity index (χ1n) is 37.1. The van der Waals surface area contributed by atoms with Crippen molar-refractivity contribution in [3.05, 3.63) is 391 Å². The summed E-state index contributed by atoms with van der Waals surface area (Å²) in [6.45, 7) is 44.4. The van der Waals surface area contributed by atoms with Crippen LogP contribution in [0.25, 0.3) is 0 Å². The Bertz CT molecular complexity index is 4540. The molecular formula is C96H96O29. The van der Waals surface area contributed by atoms with E-state index in [0.717, 1.165) is 95.7 Å². The quantitative estimate of drug-likeness (QED) is 0.0112. The predicted molar refractivity (Wildman–Crippen MR) is 459 cm³/mol. The number of rotatable bonds is 45. The van der Waals surface area contributed by atoms with Gasteiger partial charge in [-0.15, -0.1) is 0 Å². The van der Waals surface area contributed by atoms with Gasteiger partial charge in [0.25, 0.3) is 6.29 Å². The summed E-state index contributed by atoms with van der Waals surface area (Å²) < 4.78 is 81.1. The Morgan fingerprint density at radius 1 is 0.240 bits per heavy atom. The Morgan fingerprint density at radius 3 is 0.808 bits per heavy atom. The highest BCUT2D eigenvalue weighted by atomic mass is 16.7. The minimum absolute atomic E-state index is 0.0104. The third kappa shape index (κ3) is 47.2. The van der Waals surface area contributed by atoms with E-state index in [0.29, 0.717) is 56.4 Å². The van der Waals surface area contributed by atoms with Crippen molar-refractivity contribution in [2.75, 3.05) is 39.6 Å². The molecule has 0 heterocycles. The van der Waals surface area contributed by atoms with Crippen LogP contribution in [0.15, 0.2) is 340 Å². The van der Waals surface area contributed by atoms with Gasteiger partial charge in [0.2, 0.25) is 0 Å². The molecule has 0 saturated heterocycles. The van der Waals surface area contributed by atoms with Crippen LogP contribution in [0.1, 0.15) is 62.3 Å². The molecule has 0 amide bonds. The maximum absolute atomic E-state index is 11.2. The maximum Gasteiger partial charge on any atom is 0.333 e. The topological polar surface area (TPSA) is 370 Å². The van der Waals surface area contributed by atoms with E-state index in [-0.39, 0.29) is 91.8 Å². The molecule has 0 radical (unpaired) electrons. The summed E-state index contributed by atoms with van der Waals surface area (Å²) in [7, 11) is 0. The van der Waals surface area contributed by atoms with Crippen molar-refractivity contribution in [1.82, 2.24) is 0 Å². The molecule has 0 unspecified atom stereocenters. The number of carbonyl (C=O) groups is 13. The molecule has 0 fully saturated rings. The van der Waals surface area contributed by atoms with Gasteiger partial charge >= 0.3 is 77.6 Å². The van der Waals surface area contributed by atoms with E-state index in [1.165, 1.54) is 0 Å². The van der Waals surface area contributed by atoms with Gasteiger partial charge < -0.3 is 75.8 Å². The van der Waals surface area contributed by atoms with E-state index in [1.807, 2.05) is 66.7 Å². The van der Waals surface area contributed by atoms with E-state index in [9.17, 15) is 62.3 Å². The summed E-state index contributed by atoms with van der Waals surface area (Å²) >= 11 is 0. The van der Waals surface area contributed by atoms with Gasteiger partial charge in [-0.3, -0.25) is 0 Å². The number of para-hydroxylation sites is 2. The first-order chi connectivity index (χ1) is 60.3. The molecule has 0 saturated carbocycles. The van der Waals surface area contributed by atoms with Gasteiger partial charge in [0.05, 0.1) is 5.92 Å². The summed E-state index contributed by atoms with van der Waals surface area (Å²) in [5.41, 5.74) is 6.42. The smallest absolute Gasteiger partial charge is 0.333 e. The zero-order chi connectivity index (χ0) is 92.4. The van der Waals surface area contributed by atoms with Crippen LogP contribution >= 0.6 is 0 Å². The molecule has 125 heavy (non-hydrogen) atoms. The number of hydrogen-bond acceptors (Lipinski definition) is 29. The molecule has 0 aliphatic rings. The molecule has 0 bridgehead atoms. The van der Waals surface area contributed by atoms with Crippen molar-refractivity contribution >= 4 is 77.6 Å². The van der Waals surface area contributed by atoms with Crippen molar-refractivity contribution in [2.45, 2.75) is 58.5 Å². The molecule has 654 valence electrons. The molecular weight excluding hydrogens is 1620 g/mol. The van der Waals surface area contributed by atoms with Crippen molar-refractivity contribution in [3.63, 3.8) is 0 Å². The fraction of sp³-hybridized carbons (Fsp3) is 0.156. The van der Waals surface area contributed by atoms with E-state index >= 15 is 0 Å². The number of hydrogen-bond donors (Lipinski definition) is 0. The van der Waals surface area contributed by atoms with E-state index in [2.05, 4.69) is 85.5 Å². The normalized spacial score (nSPS) is 9.55. The molecule has 7 rings (SSSR count). The van der Waals surface area contributed by atoms with Crippen LogP contribution in [0.3, 0.4) is 0 Å². The maximum atomic E-state index is 11.2. The van der Waals surface area contributed by atoms with Crippen LogP contribution in [-0.2, 0) is 170 Å². The third-order valence-corrected chi connectivity index (χ3v) is 14.8. The lowest BCUT2D eigenvalue weighted by Crippen LogP contribution is -2.18. The van der Waals surface area contributed by atoms with Crippen molar-refractivity contribution < 1.29 is 138 Å². The second-order valence-corrected chi connectivity index (χ2v) is 23.6. The largest absolute Gasteiger partial charge is 0.490 e. The summed E-state index contributed by atoms with van der Waals surface area (Å²) in [4.78, 5) is 144. The van der Waals surface area contributed by atoms with Gasteiger partial charge in [0.15, 0.2) is 0 Å². The van der Waals surface area contributed by atoms with E-state index in [1.54, 1.807) is 109 Å². The fourth-order valence-electron chi connectivity index (χ4n) is 8.87. The standard InChI is InChI=1S/C20H18O5.C18H18O6.C16H18O6.C15H16O4.C14H14O4.C13H12O4/c1-3-19(21)23-13-15-9-5-7-11-17(15)25-18-12-8-6-10-16(18)14-24-20(22)4-2;1-4-16(19)22-10-13-7-14(11-23-17(20)5-2)9-15(8-13)12-24-18(21)6-3;1-3-15(17)21-10-8-19-13-6-5-7-14(12-13)20-9-11-22-16(18)4-2;1-3-14(16)18-10-13(11-19-15(17)4-2)12-8-6-5-7-9-12;1-3-13(15)17-9-11-7-5-6-8-12(11)10-18-14(16)4-2;1-3-11(14)16-13(17-12(15)4-2)10-8-6-5-7-9-10/h3-12H,1-2,13-14H2;4-9H,1-3,10-12H2;3-7,12H,1-2,8-11H2;3-9,13H,1-2,10-11H2;3-8H,1-2,9-10H2;3-9,13H,1-2H2. The molecule has 0 aromatic heterocycles. The van der Waals surface area contributed by atoms with Gasteiger partial charge in [-0.1, -0.05) is 213 Å². The molecule has 0 atom stereocenters. The number of esters is 13. The van der Waals surface area contributed by atoms with Gasteiger partial charge in [-0.2, -0.15) is 0 Å². The molecule has 29 nitrogen and oxygen atoms in total. The highest BCUT2D eigenvalue weighted by Crippen LogP contribution is 2.30. The second kappa shape index (κ2) is 63.7.